The first kappa shape index (κ1) is 24.5. The lowest BCUT2D eigenvalue weighted by atomic mass is 9.84. The number of carbonyl (C=O) groups is 2. The maximum absolute atomic E-state index is 13.8. The van der Waals surface area contributed by atoms with Gasteiger partial charge in [-0.05, 0) is 65.6 Å². The molecular weight excluding hydrogens is 497 g/mol. The predicted molar refractivity (Wildman–Crippen MR) is 128 cm³/mol. The van der Waals surface area contributed by atoms with Crippen molar-refractivity contribution >= 4 is 35.1 Å². The summed E-state index contributed by atoms with van der Waals surface area (Å²) < 4.78 is 4.99. The number of halogens is 2. The average Bonchev–Trinajstić information content (AvgIpc) is 2.81. The first-order valence-corrected chi connectivity index (χ1v) is 11.3. The molecule has 0 fully saturated rings. The molecule has 0 saturated heterocycles. The molecule has 1 heterocycles. The fourth-order valence-electron chi connectivity index (χ4n) is 4.34. The smallest absolute Gasteiger partial charge is 0.328 e. The van der Waals surface area contributed by atoms with E-state index in [2.05, 4.69) is 0 Å². The van der Waals surface area contributed by atoms with Crippen molar-refractivity contribution in [3.63, 3.8) is 0 Å². The molecule has 2 atom stereocenters. The summed E-state index contributed by atoms with van der Waals surface area (Å²) in [4.78, 5) is 28.0. The number of carbonyl (C=O) groups excluding carboxylic acids is 2. The van der Waals surface area contributed by atoms with Gasteiger partial charge in [0.1, 0.15) is 6.04 Å². The molecule has 0 aliphatic carbocycles. The topological polar surface area (TPSA) is 128 Å². The van der Waals surface area contributed by atoms with Gasteiger partial charge in [0.2, 0.25) is 0 Å². The van der Waals surface area contributed by atoms with E-state index in [-0.39, 0.29) is 40.7 Å². The van der Waals surface area contributed by atoms with E-state index < -0.39 is 29.7 Å². The maximum atomic E-state index is 13.8. The monoisotopic (exact) mass is 517 g/mol. The van der Waals surface area contributed by atoms with Gasteiger partial charge in [0.05, 0.1) is 23.7 Å². The Bertz CT molecular complexity index is 1330. The van der Waals surface area contributed by atoms with Gasteiger partial charge >= 0.3 is 5.97 Å². The zero-order valence-corrected chi connectivity index (χ0v) is 19.9. The number of benzene rings is 3. The fourth-order valence-corrected chi connectivity index (χ4v) is 4.83. The highest BCUT2D eigenvalue weighted by molar-refractivity contribution is 6.36. The lowest BCUT2D eigenvalue weighted by molar-refractivity contribution is -0.147. The summed E-state index contributed by atoms with van der Waals surface area (Å²) in [6.07, 6.45) is 0.111. The van der Waals surface area contributed by atoms with Gasteiger partial charge in [-0.15, -0.1) is 0 Å². The van der Waals surface area contributed by atoms with Crippen LogP contribution in [0, 0.1) is 0 Å². The van der Waals surface area contributed by atoms with Crippen LogP contribution >= 0.6 is 23.2 Å². The number of aromatic hydroxyl groups is 4. The van der Waals surface area contributed by atoms with Crippen LogP contribution in [0.25, 0.3) is 0 Å². The van der Waals surface area contributed by atoms with Crippen LogP contribution in [0.2, 0.25) is 10.0 Å². The zero-order chi connectivity index (χ0) is 25.4. The lowest BCUT2D eigenvalue weighted by Gasteiger charge is -2.42. The molecule has 35 heavy (non-hydrogen) atoms. The van der Waals surface area contributed by atoms with Crippen molar-refractivity contribution in [3.8, 4) is 23.0 Å². The third-order valence-electron chi connectivity index (χ3n) is 6.02. The Hall–Kier alpha value is -3.62. The van der Waals surface area contributed by atoms with Crippen LogP contribution in [0.1, 0.15) is 33.1 Å². The quantitative estimate of drug-likeness (QED) is 0.299. The molecule has 1 aliphatic heterocycles. The Labute approximate surface area is 210 Å². The summed E-state index contributed by atoms with van der Waals surface area (Å²) in [5, 5.41) is 40.4. The Morgan fingerprint density at radius 2 is 1.63 bits per heavy atom. The van der Waals surface area contributed by atoms with Gasteiger partial charge in [-0.25, -0.2) is 4.79 Å². The van der Waals surface area contributed by atoms with Crippen molar-refractivity contribution in [2.24, 2.45) is 0 Å². The standard InChI is InChI=1S/C25H21Cl2NO7/c1-35-25(34)19-8-13-9-22(31)23(32)11-16(13)18(6-12-2-5-20(29)21(30)7-12)28(19)24(33)15-4-3-14(26)10-17(15)27/h2-5,7,9-11,18-19,29-32H,6,8H2,1H3/t18-,19-/m0/s1. The Kier molecular flexibility index (Phi) is 6.69. The van der Waals surface area contributed by atoms with Gasteiger partial charge in [0, 0.05) is 11.4 Å². The Morgan fingerprint density at radius 1 is 0.943 bits per heavy atom. The summed E-state index contributed by atoms with van der Waals surface area (Å²) in [6.45, 7) is 0. The van der Waals surface area contributed by atoms with Gasteiger partial charge in [-0.1, -0.05) is 29.3 Å². The Morgan fingerprint density at radius 3 is 2.29 bits per heavy atom. The maximum Gasteiger partial charge on any atom is 0.328 e. The molecule has 0 spiro atoms. The number of rotatable bonds is 4. The van der Waals surface area contributed by atoms with E-state index in [1.165, 1.54) is 54.5 Å². The second-order valence-corrected chi connectivity index (χ2v) is 9.01. The number of methoxy groups -OCH3 is 1. The highest BCUT2D eigenvalue weighted by Crippen LogP contribution is 2.42. The molecule has 182 valence electrons. The Balaban J connectivity index is 1.90. The van der Waals surface area contributed by atoms with Crippen LogP contribution in [-0.2, 0) is 22.4 Å². The fraction of sp³-hybridized carbons (Fsp3) is 0.200. The summed E-state index contributed by atoms with van der Waals surface area (Å²) in [5.74, 6) is -2.68. The molecule has 0 radical (unpaired) electrons. The number of fused-ring (bicyclic) bond motifs is 1. The van der Waals surface area contributed by atoms with Crippen LogP contribution in [0.15, 0.2) is 48.5 Å². The molecular formula is C25H21Cl2NO7. The van der Waals surface area contributed by atoms with Crippen molar-refractivity contribution in [1.29, 1.82) is 0 Å². The van der Waals surface area contributed by atoms with E-state index in [0.29, 0.717) is 21.7 Å². The molecule has 10 heteroatoms. The van der Waals surface area contributed by atoms with Crippen molar-refractivity contribution in [3.05, 3.63) is 80.8 Å². The molecule has 1 aliphatic rings. The van der Waals surface area contributed by atoms with Crippen molar-refractivity contribution in [2.45, 2.75) is 24.9 Å². The second-order valence-electron chi connectivity index (χ2n) is 8.16. The average molecular weight is 518 g/mol. The molecule has 3 aromatic rings. The molecule has 4 N–H and O–H groups in total. The van der Waals surface area contributed by atoms with E-state index in [9.17, 15) is 30.0 Å². The van der Waals surface area contributed by atoms with E-state index in [1.807, 2.05) is 0 Å². The lowest BCUT2D eigenvalue weighted by Crippen LogP contribution is -2.52. The number of hydrogen-bond acceptors (Lipinski definition) is 7. The van der Waals surface area contributed by atoms with Crippen molar-refractivity contribution in [2.75, 3.05) is 7.11 Å². The normalized spacial score (nSPS) is 17.1. The van der Waals surface area contributed by atoms with Crippen LogP contribution in [-0.4, -0.2) is 50.4 Å². The zero-order valence-electron chi connectivity index (χ0n) is 18.4. The number of ether oxygens (including phenoxy) is 1. The summed E-state index contributed by atoms with van der Waals surface area (Å²) >= 11 is 12.3. The van der Waals surface area contributed by atoms with E-state index in [0.717, 1.165) is 0 Å². The first-order valence-electron chi connectivity index (χ1n) is 10.5. The summed E-state index contributed by atoms with van der Waals surface area (Å²) in [6, 6.07) is 9.36. The minimum absolute atomic E-state index is 0.0180. The minimum Gasteiger partial charge on any atom is -0.504 e. The molecule has 0 bridgehead atoms. The highest BCUT2D eigenvalue weighted by Gasteiger charge is 2.43. The number of nitrogens with zero attached hydrogens (tertiary/aromatic N) is 1. The number of phenolic OH excluding ortho intramolecular Hbond substituents is 4. The van der Waals surface area contributed by atoms with Crippen molar-refractivity contribution < 1.29 is 34.8 Å². The van der Waals surface area contributed by atoms with Crippen LogP contribution in [0.5, 0.6) is 23.0 Å². The molecule has 1 amide bonds. The van der Waals surface area contributed by atoms with Crippen LogP contribution < -0.4 is 0 Å². The largest absolute Gasteiger partial charge is 0.504 e. The van der Waals surface area contributed by atoms with E-state index in [4.69, 9.17) is 27.9 Å². The molecule has 3 aromatic carbocycles. The van der Waals surface area contributed by atoms with Crippen molar-refractivity contribution in [1.82, 2.24) is 4.90 Å². The van der Waals surface area contributed by atoms with Gasteiger partial charge < -0.3 is 30.1 Å². The molecule has 0 unspecified atom stereocenters. The number of esters is 1. The predicted octanol–water partition coefficient (Wildman–Crippen LogP) is 4.34. The van der Waals surface area contributed by atoms with E-state index in [1.54, 1.807) is 6.07 Å². The summed E-state index contributed by atoms with van der Waals surface area (Å²) in [5.41, 5.74) is 1.67. The summed E-state index contributed by atoms with van der Waals surface area (Å²) in [7, 11) is 1.21. The second kappa shape index (κ2) is 9.56. The third-order valence-corrected chi connectivity index (χ3v) is 6.57. The van der Waals surface area contributed by atoms with Gasteiger partial charge in [0.25, 0.3) is 5.91 Å². The van der Waals surface area contributed by atoms with Gasteiger partial charge in [-0.3, -0.25) is 4.79 Å². The van der Waals surface area contributed by atoms with Gasteiger partial charge in [0.15, 0.2) is 23.0 Å². The SMILES string of the molecule is COC(=O)[C@@H]1Cc2cc(O)c(O)cc2[C@H](Cc2ccc(O)c(O)c2)N1C(=O)c1ccc(Cl)cc1Cl. The highest BCUT2D eigenvalue weighted by atomic mass is 35.5. The molecule has 0 aromatic heterocycles. The van der Waals surface area contributed by atoms with E-state index >= 15 is 0 Å². The van der Waals surface area contributed by atoms with Crippen LogP contribution in [0.3, 0.4) is 0 Å². The number of hydrogen-bond donors (Lipinski definition) is 4. The van der Waals surface area contributed by atoms with Crippen LogP contribution in [0.4, 0.5) is 0 Å². The molecule has 4 rings (SSSR count). The third kappa shape index (κ3) is 4.67. The molecule has 8 nitrogen and oxygen atoms in total. The number of amides is 1. The first-order chi connectivity index (χ1) is 16.6. The number of phenols is 4. The molecule has 0 saturated carbocycles. The van der Waals surface area contributed by atoms with Gasteiger partial charge in [-0.2, -0.15) is 0 Å². The minimum atomic E-state index is -1.08.